The van der Waals surface area contributed by atoms with Crippen LogP contribution in [0.3, 0.4) is 0 Å². The van der Waals surface area contributed by atoms with E-state index in [4.69, 9.17) is 14.6 Å². The van der Waals surface area contributed by atoms with Crippen molar-refractivity contribution < 1.29 is 9.47 Å². The molecule has 0 aliphatic rings. The average Bonchev–Trinajstić information content (AvgIpc) is 3.68. The molecule has 0 unspecified atom stereocenters. The fourth-order valence-electron chi connectivity index (χ4n) is 4.50. The van der Waals surface area contributed by atoms with Gasteiger partial charge in [-0.1, -0.05) is 42.2 Å². The van der Waals surface area contributed by atoms with Gasteiger partial charge in [0.25, 0.3) is 5.56 Å². The molecule has 0 amide bonds. The fraction of sp³-hybridized carbons (Fsp3) is 0.125. The van der Waals surface area contributed by atoms with Gasteiger partial charge in [0.1, 0.15) is 23.8 Å². The van der Waals surface area contributed by atoms with Crippen LogP contribution >= 0.6 is 11.3 Å². The molecule has 0 radical (unpaired) electrons. The second-order valence-corrected chi connectivity index (χ2v) is 10.3. The van der Waals surface area contributed by atoms with Crippen molar-refractivity contribution in [2.24, 2.45) is 0 Å². The summed E-state index contributed by atoms with van der Waals surface area (Å²) in [7, 11) is 0. The highest BCUT2D eigenvalue weighted by Crippen LogP contribution is 2.29. The number of thiazole rings is 1. The van der Waals surface area contributed by atoms with Gasteiger partial charge in [0.05, 0.1) is 16.8 Å². The zero-order valence-electron chi connectivity index (χ0n) is 22.7. The molecule has 8 nitrogen and oxygen atoms in total. The van der Waals surface area contributed by atoms with E-state index < -0.39 is 0 Å². The van der Waals surface area contributed by atoms with Gasteiger partial charge in [-0.2, -0.15) is 14.6 Å². The second kappa shape index (κ2) is 11.2. The highest BCUT2D eigenvalue weighted by atomic mass is 32.1. The molecule has 41 heavy (non-hydrogen) atoms. The Hall–Kier alpha value is -5.02. The molecule has 0 atom stereocenters. The van der Waals surface area contributed by atoms with Crippen LogP contribution in [0.4, 0.5) is 0 Å². The van der Waals surface area contributed by atoms with Crippen LogP contribution in [0.2, 0.25) is 0 Å². The van der Waals surface area contributed by atoms with Crippen LogP contribution < -0.4 is 19.6 Å². The first-order chi connectivity index (χ1) is 20.0. The molecule has 0 N–H and O–H groups in total. The summed E-state index contributed by atoms with van der Waals surface area (Å²) in [6.07, 6.45) is 5.51. The summed E-state index contributed by atoms with van der Waals surface area (Å²) in [5.41, 5.74) is 4.96. The summed E-state index contributed by atoms with van der Waals surface area (Å²) in [5, 5.41) is 9.41. The number of aryl methyl sites for hydroxylation is 1. The Labute approximate surface area is 240 Å². The Morgan fingerprint density at radius 3 is 2.46 bits per heavy atom. The Bertz CT molecular complexity index is 1960. The Morgan fingerprint density at radius 2 is 1.76 bits per heavy atom. The first kappa shape index (κ1) is 26.2. The number of hydrogen-bond acceptors (Lipinski definition) is 7. The molecule has 0 saturated carbocycles. The molecule has 0 saturated heterocycles. The van der Waals surface area contributed by atoms with Crippen molar-refractivity contribution in [2.75, 3.05) is 13.2 Å². The van der Waals surface area contributed by atoms with Crippen LogP contribution in [0.15, 0.2) is 96.4 Å². The van der Waals surface area contributed by atoms with E-state index in [1.54, 1.807) is 6.08 Å². The van der Waals surface area contributed by atoms with E-state index in [1.807, 2.05) is 104 Å². The maximum atomic E-state index is 13.4. The SMILES string of the molecule is C=CCOc1ccc(-c2nn(-c3ccccc3)cc2/C=c2\sc3nc(-c4ccc(OCC)cc4)nn3c2=O)cc1C. The van der Waals surface area contributed by atoms with Crippen molar-refractivity contribution in [1.29, 1.82) is 0 Å². The second-order valence-electron chi connectivity index (χ2n) is 9.30. The van der Waals surface area contributed by atoms with Gasteiger partial charge in [-0.25, -0.2) is 4.68 Å². The summed E-state index contributed by atoms with van der Waals surface area (Å²) < 4.78 is 15.0. The van der Waals surface area contributed by atoms with Crippen molar-refractivity contribution in [3.05, 3.63) is 118 Å². The Kier molecular flexibility index (Phi) is 7.18. The third-order valence-corrected chi connectivity index (χ3v) is 7.42. The average molecular weight is 562 g/mol. The molecule has 6 aromatic rings. The zero-order valence-corrected chi connectivity index (χ0v) is 23.5. The minimum Gasteiger partial charge on any atom is -0.494 e. The predicted octanol–water partition coefficient (Wildman–Crippen LogP) is 5.49. The van der Waals surface area contributed by atoms with Crippen LogP contribution in [0.1, 0.15) is 18.1 Å². The summed E-state index contributed by atoms with van der Waals surface area (Å²) in [4.78, 5) is 18.6. The van der Waals surface area contributed by atoms with Crippen LogP contribution in [-0.4, -0.2) is 37.6 Å². The molecule has 0 aliphatic heterocycles. The summed E-state index contributed by atoms with van der Waals surface area (Å²) in [5.74, 6) is 2.06. The standard InChI is InChI=1S/C32H27N5O3S/c1-4-17-40-27-16-13-23(18-21(27)3)29-24(20-36(34-29)25-9-7-6-8-10-25)19-28-31(38)37-32(41-28)33-30(35-37)22-11-14-26(15-12-22)39-5-2/h4,6-16,18-20H,1,5,17H2,2-3H3/b28-19-. The number of aromatic nitrogens is 5. The number of nitrogens with zero attached hydrogens (tertiary/aromatic N) is 5. The number of para-hydroxylation sites is 1. The van der Waals surface area contributed by atoms with Gasteiger partial charge in [0.2, 0.25) is 4.96 Å². The van der Waals surface area contributed by atoms with Gasteiger partial charge in [-0.3, -0.25) is 4.79 Å². The topological polar surface area (TPSA) is 83.5 Å². The highest BCUT2D eigenvalue weighted by Gasteiger charge is 2.16. The smallest absolute Gasteiger partial charge is 0.291 e. The molecule has 3 aromatic heterocycles. The molecule has 0 aliphatic carbocycles. The molecular formula is C32H27N5O3S. The molecule has 0 spiro atoms. The van der Waals surface area contributed by atoms with Crippen LogP contribution in [0, 0.1) is 6.92 Å². The number of fused-ring (bicyclic) bond motifs is 1. The maximum absolute atomic E-state index is 13.4. The normalized spacial score (nSPS) is 11.7. The molecule has 3 heterocycles. The lowest BCUT2D eigenvalue weighted by Crippen LogP contribution is -2.23. The number of rotatable bonds is 9. The minimum atomic E-state index is -0.225. The third-order valence-electron chi connectivity index (χ3n) is 6.46. The molecule has 204 valence electrons. The van der Waals surface area contributed by atoms with Gasteiger partial charge >= 0.3 is 0 Å². The van der Waals surface area contributed by atoms with Gasteiger partial charge in [0.15, 0.2) is 5.82 Å². The lowest BCUT2D eigenvalue weighted by molar-refractivity contribution is 0.340. The quantitative estimate of drug-likeness (QED) is 0.217. The first-order valence-electron chi connectivity index (χ1n) is 13.2. The van der Waals surface area contributed by atoms with Gasteiger partial charge in [0, 0.05) is 22.9 Å². The van der Waals surface area contributed by atoms with Crippen molar-refractivity contribution in [1.82, 2.24) is 24.4 Å². The lowest BCUT2D eigenvalue weighted by atomic mass is 10.0. The van der Waals surface area contributed by atoms with E-state index in [1.165, 1.54) is 15.9 Å². The van der Waals surface area contributed by atoms with E-state index in [9.17, 15) is 4.79 Å². The van der Waals surface area contributed by atoms with E-state index in [2.05, 4.69) is 16.7 Å². The largest absolute Gasteiger partial charge is 0.494 e. The minimum absolute atomic E-state index is 0.225. The molecule has 6 rings (SSSR count). The van der Waals surface area contributed by atoms with E-state index >= 15 is 0 Å². The van der Waals surface area contributed by atoms with Crippen molar-refractivity contribution in [3.63, 3.8) is 0 Å². The predicted molar refractivity (Wildman–Crippen MR) is 162 cm³/mol. The molecule has 3 aromatic carbocycles. The summed E-state index contributed by atoms with van der Waals surface area (Å²) in [6, 6.07) is 23.3. The number of benzene rings is 3. The van der Waals surface area contributed by atoms with Crippen LogP contribution in [-0.2, 0) is 0 Å². The van der Waals surface area contributed by atoms with Crippen LogP contribution in [0.5, 0.6) is 11.5 Å². The third kappa shape index (κ3) is 5.27. The fourth-order valence-corrected chi connectivity index (χ4v) is 5.40. The molecule has 0 bridgehead atoms. The Balaban J connectivity index is 1.42. The monoisotopic (exact) mass is 561 g/mol. The number of hydrogen-bond donors (Lipinski definition) is 0. The number of ether oxygens (including phenoxy) is 2. The molecule has 9 heteroatoms. The van der Waals surface area contributed by atoms with Gasteiger partial charge in [-0.05, 0) is 80.1 Å². The van der Waals surface area contributed by atoms with E-state index in [-0.39, 0.29) is 5.56 Å². The van der Waals surface area contributed by atoms with Crippen molar-refractivity contribution >= 4 is 22.4 Å². The van der Waals surface area contributed by atoms with Crippen molar-refractivity contribution in [2.45, 2.75) is 13.8 Å². The summed E-state index contributed by atoms with van der Waals surface area (Å²) in [6.45, 7) is 8.69. The molecule has 0 fully saturated rings. The summed E-state index contributed by atoms with van der Waals surface area (Å²) >= 11 is 1.30. The molecular weight excluding hydrogens is 534 g/mol. The first-order valence-corrected chi connectivity index (χ1v) is 14.0. The maximum Gasteiger partial charge on any atom is 0.291 e. The zero-order chi connectivity index (χ0) is 28.3. The van der Waals surface area contributed by atoms with E-state index in [0.29, 0.717) is 28.5 Å². The van der Waals surface area contributed by atoms with Crippen LogP contribution in [0.25, 0.3) is 39.4 Å². The van der Waals surface area contributed by atoms with Crippen molar-refractivity contribution in [3.8, 4) is 39.8 Å². The highest BCUT2D eigenvalue weighted by molar-refractivity contribution is 7.15. The van der Waals surface area contributed by atoms with Gasteiger partial charge in [-0.15, -0.1) is 5.10 Å². The van der Waals surface area contributed by atoms with Gasteiger partial charge < -0.3 is 9.47 Å². The Morgan fingerprint density at radius 1 is 0.976 bits per heavy atom. The lowest BCUT2D eigenvalue weighted by Gasteiger charge is -2.08. The van der Waals surface area contributed by atoms with E-state index in [0.717, 1.165) is 45.1 Å².